The van der Waals surface area contributed by atoms with E-state index in [1.807, 2.05) is 0 Å². The molecule has 0 bridgehead atoms. The maximum Gasteiger partial charge on any atom is 0.326 e. The second-order valence-corrected chi connectivity index (χ2v) is 7.62. The second kappa shape index (κ2) is 13.0. The molecule has 8 N–H and O–H groups in total. The van der Waals surface area contributed by atoms with Crippen LogP contribution in [0, 0.1) is 5.92 Å². The quantitative estimate of drug-likeness (QED) is 0.189. The third-order valence-corrected chi connectivity index (χ3v) is 4.96. The molecule has 0 aliphatic rings. The summed E-state index contributed by atoms with van der Waals surface area (Å²) in [7, 11) is 0. The van der Waals surface area contributed by atoms with E-state index in [0.717, 1.165) is 0 Å². The van der Waals surface area contributed by atoms with E-state index < -0.39 is 66.7 Å². The van der Waals surface area contributed by atoms with Crippen LogP contribution in [-0.4, -0.2) is 69.7 Å². The van der Waals surface area contributed by atoms with E-state index in [9.17, 15) is 29.1 Å². The van der Waals surface area contributed by atoms with Crippen molar-refractivity contribution < 1.29 is 39.3 Å². The minimum absolute atomic E-state index is 0.0750. The Labute approximate surface area is 190 Å². The van der Waals surface area contributed by atoms with Gasteiger partial charge in [0.05, 0.1) is 19.0 Å². The topological polar surface area (TPSA) is 208 Å². The van der Waals surface area contributed by atoms with E-state index in [4.69, 9.17) is 15.9 Å². The van der Waals surface area contributed by atoms with E-state index in [-0.39, 0.29) is 12.2 Å². The largest absolute Gasteiger partial charge is 0.508 e. The lowest BCUT2D eigenvalue weighted by molar-refractivity contribution is -0.147. The number of phenols is 1. The summed E-state index contributed by atoms with van der Waals surface area (Å²) in [6.45, 7) is 2.94. The number of carbonyl (C=O) groups excluding carboxylic acids is 3. The molecule has 1 rings (SSSR count). The van der Waals surface area contributed by atoms with Crippen LogP contribution in [0.3, 0.4) is 0 Å². The van der Waals surface area contributed by atoms with Crippen LogP contribution in [0.5, 0.6) is 5.75 Å². The Morgan fingerprint density at radius 3 is 2.12 bits per heavy atom. The van der Waals surface area contributed by atoms with Gasteiger partial charge in [-0.25, -0.2) is 4.79 Å². The van der Waals surface area contributed by atoms with E-state index in [1.54, 1.807) is 26.0 Å². The Morgan fingerprint density at radius 1 is 1.00 bits per heavy atom. The number of phenolic OH excluding ortho intramolecular Hbond substituents is 1. The average Bonchev–Trinajstić information content (AvgIpc) is 2.75. The fourth-order valence-electron chi connectivity index (χ4n) is 2.84. The summed E-state index contributed by atoms with van der Waals surface area (Å²) in [6.07, 6.45) is -0.193. The zero-order valence-corrected chi connectivity index (χ0v) is 18.4. The van der Waals surface area contributed by atoms with Crippen LogP contribution < -0.4 is 21.7 Å². The number of amides is 3. The van der Waals surface area contributed by atoms with Crippen LogP contribution in [0.4, 0.5) is 0 Å². The molecule has 0 saturated carbocycles. The molecule has 1 aromatic carbocycles. The number of hydrogen-bond donors (Lipinski definition) is 7. The minimum Gasteiger partial charge on any atom is -0.508 e. The first-order valence-corrected chi connectivity index (χ1v) is 10.3. The lowest BCUT2D eigenvalue weighted by Gasteiger charge is -2.25. The number of rotatable bonds is 13. The van der Waals surface area contributed by atoms with Gasteiger partial charge >= 0.3 is 11.9 Å². The van der Waals surface area contributed by atoms with E-state index >= 15 is 0 Å². The SMILES string of the molecule is CC[C@H](C)[C@H](NC(=O)CNC(=O)[C@@H](N)Cc1ccc(O)cc1)C(=O)N[C@@H](CC(=O)O)C(=O)O. The minimum atomic E-state index is -1.66. The average molecular weight is 466 g/mol. The first-order valence-electron chi connectivity index (χ1n) is 10.3. The van der Waals surface area contributed by atoms with Crippen molar-refractivity contribution in [2.45, 2.75) is 51.2 Å². The van der Waals surface area contributed by atoms with Gasteiger partial charge in [0.1, 0.15) is 17.8 Å². The van der Waals surface area contributed by atoms with E-state index in [2.05, 4.69) is 16.0 Å². The third-order valence-electron chi connectivity index (χ3n) is 4.96. The first-order chi connectivity index (χ1) is 15.4. The number of aromatic hydroxyl groups is 1. The number of nitrogens with two attached hydrogens (primary N) is 1. The first kappa shape index (κ1) is 27.4. The molecule has 0 aliphatic heterocycles. The van der Waals surface area contributed by atoms with Crippen LogP contribution >= 0.6 is 0 Å². The van der Waals surface area contributed by atoms with Gasteiger partial charge in [0.15, 0.2) is 0 Å². The number of benzene rings is 1. The number of hydrogen-bond acceptors (Lipinski definition) is 7. The number of carbonyl (C=O) groups is 5. The monoisotopic (exact) mass is 466 g/mol. The molecule has 4 atom stereocenters. The molecule has 0 spiro atoms. The number of carboxylic acid groups (broad SMARTS) is 2. The van der Waals surface area contributed by atoms with Crippen LogP contribution in [0.2, 0.25) is 0 Å². The van der Waals surface area contributed by atoms with Crippen LogP contribution in [0.25, 0.3) is 0 Å². The number of carboxylic acids is 2. The molecule has 0 fully saturated rings. The molecule has 0 heterocycles. The second-order valence-electron chi connectivity index (χ2n) is 7.62. The molecule has 182 valence electrons. The molecule has 33 heavy (non-hydrogen) atoms. The molecule has 0 aliphatic carbocycles. The van der Waals surface area contributed by atoms with Crippen molar-refractivity contribution >= 4 is 29.7 Å². The van der Waals surface area contributed by atoms with Gasteiger partial charge in [0, 0.05) is 0 Å². The summed E-state index contributed by atoms with van der Waals surface area (Å²) in [4.78, 5) is 59.1. The lowest BCUT2D eigenvalue weighted by Crippen LogP contribution is -2.56. The van der Waals surface area contributed by atoms with Crippen LogP contribution in [0.1, 0.15) is 32.3 Å². The molecule has 12 nitrogen and oxygen atoms in total. The van der Waals surface area contributed by atoms with E-state index in [0.29, 0.717) is 12.0 Å². The molecule has 1 aromatic rings. The zero-order valence-electron chi connectivity index (χ0n) is 18.4. The van der Waals surface area contributed by atoms with Gasteiger partial charge in [-0.05, 0) is 30.0 Å². The molecule has 0 aromatic heterocycles. The summed E-state index contributed by atoms with van der Waals surface area (Å²) >= 11 is 0. The van der Waals surface area contributed by atoms with Gasteiger partial charge in [0.25, 0.3) is 0 Å². The van der Waals surface area contributed by atoms with Gasteiger partial charge in [-0.3, -0.25) is 19.2 Å². The van der Waals surface area contributed by atoms with Gasteiger partial charge < -0.3 is 37.0 Å². The lowest BCUT2D eigenvalue weighted by atomic mass is 9.97. The smallest absolute Gasteiger partial charge is 0.326 e. The van der Waals surface area contributed by atoms with Crippen molar-refractivity contribution in [1.29, 1.82) is 0 Å². The summed E-state index contributed by atoms with van der Waals surface area (Å²) in [6, 6.07) is 2.39. The van der Waals surface area contributed by atoms with Gasteiger partial charge in [-0.2, -0.15) is 0 Å². The molecule has 3 amide bonds. The van der Waals surface area contributed by atoms with Gasteiger partial charge in [0.2, 0.25) is 17.7 Å². The van der Waals surface area contributed by atoms with Gasteiger partial charge in [-0.1, -0.05) is 32.4 Å². The zero-order chi connectivity index (χ0) is 25.1. The van der Waals surface area contributed by atoms with Gasteiger partial charge in [-0.15, -0.1) is 0 Å². The Balaban J connectivity index is 2.67. The Hall–Kier alpha value is -3.67. The predicted molar refractivity (Wildman–Crippen MR) is 116 cm³/mol. The highest BCUT2D eigenvalue weighted by molar-refractivity contribution is 5.93. The van der Waals surface area contributed by atoms with Crippen molar-refractivity contribution in [2.24, 2.45) is 11.7 Å². The highest BCUT2D eigenvalue weighted by Crippen LogP contribution is 2.11. The van der Waals surface area contributed by atoms with Crippen molar-refractivity contribution in [2.75, 3.05) is 6.54 Å². The molecule has 0 saturated heterocycles. The van der Waals surface area contributed by atoms with Crippen molar-refractivity contribution in [3.63, 3.8) is 0 Å². The number of nitrogens with one attached hydrogen (secondary N) is 3. The Kier molecular flexibility index (Phi) is 10.8. The molecule has 0 radical (unpaired) electrons. The fraction of sp³-hybridized carbons (Fsp3) is 0.476. The standard InChI is InChI=1S/C21H30N4O8/c1-3-11(2)18(20(31)24-15(21(32)33)9-17(28)29)25-16(27)10-23-19(30)14(22)8-12-4-6-13(26)7-5-12/h4-7,11,14-15,18,26H,3,8-10,22H2,1-2H3,(H,23,30)(H,24,31)(H,25,27)(H,28,29)(H,32,33)/t11-,14-,15-,18-/m0/s1. The summed E-state index contributed by atoms with van der Waals surface area (Å²) in [5.41, 5.74) is 6.55. The van der Waals surface area contributed by atoms with E-state index in [1.165, 1.54) is 12.1 Å². The Morgan fingerprint density at radius 2 is 1.61 bits per heavy atom. The Bertz CT molecular complexity index is 858. The maximum absolute atomic E-state index is 12.5. The summed E-state index contributed by atoms with van der Waals surface area (Å²) in [5, 5.41) is 34.1. The molecular weight excluding hydrogens is 436 g/mol. The van der Waals surface area contributed by atoms with Crippen LogP contribution in [-0.2, 0) is 30.4 Å². The highest BCUT2D eigenvalue weighted by Gasteiger charge is 2.31. The molecule has 0 unspecified atom stereocenters. The normalized spacial score (nSPS) is 14.3. The third kappa shape index (κ3) is 9.56. The number of aliphatic carboxylic acids is 2. The highest BCUT2D eigenvalue weighted by atomic mass is 16.4. The maximum atomic E-state index is 12.5. The summed E-state index contributed by atoms with van der Waals surface area (Å²) < 4.78 is 0. The van der Waals surface area contributed by atoms with Crippen LogP contribution in [0.15, 0.2) is 24.3 Å². The van der Waals surface area contributed by atoms with Crippen molar-refractivity contribution in [1.82, 2.24) is 16.0 Å². The van der Waals surface area contributed by atoms with Crippen molar-refractivity contribution in [3.05, 3.63) is 29.8 Å². The molecular formula is C21H30N4O8. The molecule has 12 heteroatoms. The van der Waals surface area contributed by atoms with Crippen molar-refractivity contribution in [3.8, 4) is 5.75 Å². The summed E-state index contributed by atoms with van der Waals surface area (Å²) in [5.74, 6) is -5.40. The predicted octanol–water partition coefficient (Wildman–Crippen LogP) is -1.05. The fourth-order valence-corrected chi connectivity index (χ4v) is 2.84.